The van der Waals surface area contributed by atoms with Crippen molar-refractivity contribution in [2.45, 2.75) is 13.3 Å². The van der Waals surface area contributed by atoms with Crippen molar-refractivity contribution in [3.63, 3.8) is 0 Å². The summed E-state index contributed by atoms with van der Waals surface area (Å²) >= 11 is 6.63. The Balaban J connectivity index is 2.08. The van der Waals surface area contributed by atoms with E-state index in [1.165, 1.54) is 11.1 Å². The average molecular weight is 277 g/mol. The van der Waals surface area contributed by atoms with Gasteiger partial charge >= 0.3 is 0 Å². The molecule has 0 saturated carbocycles. The average Bonchev–Trinajstić information content (AvgIpc) is 2.85. The summed E-state index contributed by atoms with van der Waals surface area (Å²) < 4.78 is 0. The van der Waals surface area contributed by atoms with E-state index in [-0.39, 0.29) is 0 Å². The molecule has 0 radical (unpaired) electrons. The summed E-state index contributed by atoms with van der Waals surface area (Å²) in [6, 6.07) is 8.35. The first-order valence-electron chi connectivity index (χ1n) is 5.69. The van der Waals surface area contributed by atoms with Crippen LogP contribution < -0.4 is 10.6 Å². The number of hydrogen-bond acceptors (Lipinski definition) is 3. The van der Waals surface area contributed by atoms with Gasteiger partial charge in [0.1, 0.15) is 0 Å². The van der Waals surface area contributed by atoms with Crippen LogP contribution in [0.2, 0.25) is 0 Å². The highest BCUT2D eigenvalue weighted by molar-refractivity contribution is 7.80. The second-order valence-corrected chi connectivity index (χ2v) is 5.27. The summed E-state index contributed by atoms with van der Waals surface area (Å²) in [5.41, 5.74) is 8.36. The van der Waals surface area contributed by atoms with Crippen LogP contribution in [0.25, 0.3) is 0 Å². The van der Waals surface area contributed by atoms with Crippen molar-refractivity contribution in [2.24, 2.45) is 5.73 Å². The molecule has 0 aliphatic carbocycles. The van der Waals surface area contributed by atoms with Gasteiger partial charge in [0.25, 0.3) is 0 Å². The number of aryl methyl sites for hydroxylation is 1. The molecule has 94 valence electrons. The number of nitrogens with two attached hydrogens (primary N) is 1. The molecule has 3 nitrogen and oxygen atoms in total. The summed E-state index contributed by atoms with van der Waals surface area (Å²) in [5.74, 6) is 0. The van der Waals surface area contributed by atoms with Crippen molar-refractivity contribution < 1.29 is 0 Å². The van der Waals surface area contributed by atoms with Crippen LogP contribution in [0.1, 0.15) is 11.1 Å². The van der Waals surface area contributed by atoms with Gasteiger partial charge < -0.3 is 5.73 Å². The molecule has 0 spiro atoms. The quantitative estimate of drug-likeness (QED) is 0.873. The van der Waals surface area contributed by atoms with Crippen LogP contribution in [0.5, 0.6) is 0 Å². The molecule has 0 amide bonds. The third-order valence-electron chi connectivity index (χ3n) is 2.78. The van der Waals surface area contributed by atoms with E-state index in [1.54, 1.807) is 17.5 Å². The Kier molecular flexibility index (Phi) is 4.28. The Bertz CT molecular complexity index is 523. The van der Waals surface area contributed by atoms with Crippen molar-refractivity contribution in [3.05, 3.63) is 47.0 Å². The first kappa shape index (κ1) is 13.0. The fourth-order valence-corrected chi connectivity index (χ4v) is 2.69. The number of hydrogen-bond donors (Lipinski definition) is 1. The second kappa shape index (κ2) is 5.93. The first-order valence-corrected chi connectivity index (χ1v) is 6.98. The molecular weight excluding hydrogens is 262 g/mol. The summed E-state index contributed by atoms with van der Waals surface area (Å²) in [7, 11) is 0. The van der Waals surface area contributed by atoms with Crippen LogP contribution in [-0.4, -0.2) is 16.6 Å². The maximum Gasteiger partial charge on any atom is 0.191 e. The van der Waals surface area contributed by atoms with Crippen LogP contribution in [-0.2, 0) is 6.42 Å². The SMILES string of the molecule is Cc1ccccc1CCN(C(N)=S)c1nccs1. The molecule has 2 aromatic rings. The Hall–Kier alpha value is -1.46. The van der Waals surface area contributed by atoms with Gasteiger partial charge in [-0.25, -0.2) is 4.98 Å². The summed E-state index contributed by atoms with van der Waals surface area (Å²) in [5, 5.41) is 3.16. The smallest absolute Gasteiger partial charge is 0.191 e. The number of thiazole rings is 1. The number of thiocarbonyl (C=S) groups is 1. The largest absolute Gasteiger partial charge is 0.376 e. The molecule has 18 heavy (non-hydrogen) atoms. The number of aromatic nitrogens is 1. The van der Waals surface area contributed by atoms with Crippen molar-refractivity contribution in [2.75, 3.05) is 11.4 Å². The van der Waals surface area contributed by atoms with E-state index >= 15 is 0 Å². The fourth-order valence-electron chi connectivity index (χ4n) is 1.77. The van der Waals surface area contributed by atoms with Gasteiger partial charge in [-0.15, -0.1) is 11.3 Å². The van der Waals surface area contributed by atoms with E-state index in [9.17, 15) is 0 Å². The van der Waals surface area contributed by atoms with Crippen LogP contribution >= 0.6 is 23.6 Å². The number of nitrogens with zero attached hydrogens (tertiary/aromatic N) is 2. The molecule has 0 unspecified atom stereocenters. The third-order valence-corrected chi connectivity index (χ3v) is 3.80. The van der Waals surface area contributed by atoms with E-state index in [0.29, 0.717) is 5.11 Å². The minimum Gasteiger partial charge on any atom is -0.376 e. The highest BCUT2D eigenvalue weighted by atomic mass is 32.1. The lowest BCUT2D eigenvalue weighted by Crippen LogP contribution is -2.37. The molecule has 0 atom stereocenters. The van der Waals surface area contributed by atoms with E-state index in [0.717, 1.165) is 18.1 Å². The van der Waals surface area contributed by atoms with Gasteiger partial charge in [-0.05, 0) is 36.7 Å². The van der Waals surface area contributed by atoms with Gasteiger partial charge in [0.15, 0.2) is 10.2 Å². The lowest BCUT2D eigenvalue weighted by atomic mass is 10.1. The maximum absolute atomic E-state index is 5.75. The zero-order valence-corrected chi connectivity index (χ0v) is 11.8. The van der Waals surface area contributed by atoms with Crippen molar-refractivity contribution in [1.82, 2.24) is 4.98 Å². The molecule has 0 aliphatic heterocycles. The maximum atomic E-state index is 5.75. The Labute approximate surface area is 116 Å². The first-order chi connectivity index (χ1) is 8.68. The van der Waals surface area contributed by atoms with Gasteiger partial charge in [-0.3, -0.25) is 4.90 Å². The van der Waals surface area contributed by atoms with E-state index < -0.39 is 0 Å². The van der Waals surface area contributed by atoms with E-state index in [4.69, 9.17) is 18.0 Å². The predicted octanol–water partition coefficient (Wildman–Crippen LogP) is 2.74. The monoisotopic (exact) mass is 277 g/mol. The Morgan fingerprint density at radius 1 is 1.44 bits per heavy atom. The normalized spacial score (nSPS) is 10.3. The number of benzene rings is 1. The van der Waals surface area contributed by atoms with Crippen molar-refractivity contribution >= 4 is 33.8 Å². The lowest BCUT2D eigenvalue weighted by molar-refractivity contribution is 0.922. The molecule has 1 heterocycles. The standard InChI is InChI=1S/C13H15N3S2/c1-10-4-2-3-5-11(10)6-8-16(12(14)17)13-15-7-9-18-13/h2-5,7,9H,6,8H2,1H3,(H2,14,17). The van der Waals surface area contributed by atoms with Crippen LogP contribution in [0.15, 0.2) is 35.8 Å². The fraction of sp³-hybridized carbons (Fsp3) is 0.231. The molecule has 5 heteroatoms. The zero-order chi connectivity index (χ0) is 13.0. The van der Waals surface area contributed by atoms with Gasteiger partial charge in [0.2, 0.25) is 0 Å². The van der Waals surface area contributed by atoms with Gasteiger partial charge in [0.05, 0.1) is 0 Å². The highest BCUT2D eigenvalue weighted by Gasteiger charge is 2.12. The lowest BCUT2D eigenvalue weighted by Gasteiger charge is -2.20. The minimum atomic E-state index is 0.374. The van der Waals surface area contributed by atoms with Crippen LogP contribution in [0, 0.1) is 6.92 Å². The number of anilines is 1. The minimum absolute atomic E-state index is 0.374. The van der Waals surface area contributed by atoms with Gasteiger partial charge in [-0.1, -0.05) is 24.3 Å². The summed E-state index contributed by atoms with van der Waals surface area (Å²) in [6.45, 7) is 2.87. The molecule has 2 N–H and O–H groups in total. The molecule has 0 saturated heterocycles. The zero-order valence-electron chi connectivity index (χ0n) is 10.2. The molecule has 2 rings (SSSR count). The van der Waals surface area contributed by atoms with Crippen LogP contribution in [0.4, 0.5) is 5.13 Å². The molecule has 0 bridgehead atoms. The number of rotatable bonds is 4. The Morgan fingerprint density at radius 2 is 2.22 bits per heavy atom. The van der Waals surface area contributed by atoms with Crippen molar-refractivity contribution in [3.8, 4) is 0 Å². The summed E-state index contributed by atoms with van der Waals surface area (Å²) in [6.07, 6.45) is 2.67. The third kappa shape index (κ3) is 3.05. The molecule has 1 aromatic heterocycles. The molecule has 0 aliphatic rings. The van der Waals surface area contributed by atoms with Crippen molar-refractivity contribution in [1.29, 1.82) is 0 Å². The van der Waals surface area contributed by atoms with Gasteiger partial charge in [0, 0.05) is 18.1 Å². The second-order valence-electron chi connectivity index (χ2n) is 3.98. The summed E-state index contributed by atoms with van der Waals surface area (Å²) in [4.78, 5) is 6.13. The predicted molar refractivity (Wildman–Crippen MR) is 81.1 cm³/mol. The van der Waals surface area contributed by atoms with Gasteiger partial charge in [-0.2, -0.15) is 0 Å². The van der Waals surface area contributed by atoms with E-state index in [2.05, 4.69) is 30.1 Å². The molecule has 1 aromatic carbocycles. The molecule has 0 fully saturated rings. The highest BCUT2D eigenvalue weighted by Crippen LogP contribution is 2.18. The Morgan fingerprint density at radius 3 is 2.83 bits per heavy atom. The molecular formula is C13H15N3S2. The van der Waals surface area contributed by atoms with E-state index in [1.807, 2.05) is 16.3 Å². The van der Waals surface area contributed by atoms with Crippen LogP contribution in [0.3, 0.4) is 0 Å². The topological polar surface area (TPSA) is 42.1 Å².